The molecule has 1 amide bonds. The maximum atomic E-state index is 13.7. The normalized spacial score (nSPS) is 32.1. The summed E-state index contributed by atoms with van der Waals surface area (Å²) in [5, 5.41) is 3.04. The van der Waals surface area contributed by atoms with Crippen molar-refractivity contribution in [3.05, 3.63) is 11.9 Å². The van der Waals surface area contributed by atoms with Gasteiger partial charge in [-0.15, -0.1) is 0 Å². The number of halogens is 2. The van der Waals surface area contributed by atoms with E-state index in [4.69, 9.17) is 0 Å². The van der Waals surface area contributed by atoms with E-state index in [1.807, 2.05) is 13.8 Å². The summed E-state index contributed by atoms with van der Waals surface area (Å²) in [4.78, 5) is 25.6. The molecular weight excluding hydrogens is 372 g/mol. The van der Waals surface area contributed by atoms with Crippen LogP contribution in [0.3, 0.4) is 0 Å². The van der Waals surface area contributed by atoms with Crippen molar-refractivity contribution in [3.8, 4) is 0 Å². The Bertz CT molecular complexity index is 604. The molecule has 2 saturated carbocycles. The molecule has 5 heteroatoms. The van der Waals surface area contributed by atoms with Crippen molar-refractivity contribution in [3.63, 3.8) is 0 Å². The van der Waals surface area contributed by atoms with Gasteiger partial charge >= 0.3 is 0 Å². The van der Waals surface area contributed by atoms with Crippen LogP contribution in [-0.2, 0) is 9.59 Å². The minimum atomic E-state index is -1.45. The van der Waals surface area contributed by atoms with Gasteiger partial charge in [0.15, 0.2) is 12.0 Å². The van der Waals surface area contributed by atoms with Gasteiger partial charge in [-0.3, -0.25) is 9.59 Å². The quantitative estimate of drug-likeness (QED) is 0.588. The molecule has 3 atom stereocenters. The van der Waals surface area contributed by atoms with Gasteiger partial charge in [0.25, 0.3) is 0 Å². The van der Waals surface area contributed by atoms with Gasteiger partial charge < -0.3 is 5.32 Å². The van der Waals surface area contributed by atoms with Gasteiger partial charge in [0.05, 0.1) is 6.04 Å². The van der Waals surface area contributed by atoms with Gasteiger partial charge in [-0.05, 0) is 81.1 Å². The lowest BCUT2D eigenvalue weighted by Crippen LogP contribution is -2.48. The van der Waals surface area contributed by atoms with Crippen molar-refractivity contribution in [1.29, 1.82) is 0 Å². The summed E-state index contributed by atoms with van der Waals surface area (Å²) in [6, 6.07) is -0.410. The minimum absolute atomic E-state index is 0.0163. The highest BCUT2D eigenvalue weighted by Crippen LogP contribution is 2.41. The van der Waals surface area contributed by atoms with Gasteiger partial charge in [0.1, 0.15) is 5.83 Å². The number of carbonyl (C=O) groups excluding carboxylic acids is 2. The van der Waals surface area contributed by atoms with Crippen molar-refractivity contribution >= 4 is 11.7 Å². The summed E-state index contributed by atoms with van der Waals surface area (Å²) in [6.45, 7) is 3.99. The second kappa shape index (κ2) is 10.2. The monoisotopic (exact) mass is 409 g/mol. The molecule has 3 aliphatic carbocycles. The van der Waals surface area contributed by atoms with Crippen LogP contribution in [0, 0.1) is 29.6 Å². The van der Waals surface area contributed by atoms with E-state index in [1.54, 1.807) is 0 Å². The molecule has 3 aliphatic rings. The summed E-state index contributed by atoms with van der Waals surface area (Å²) in [5.74, 6) is 0.650. The molecule has 3 nitrogen and oxygen atoms in total. The minimum Gasteiger partial charge on any atom is -0.346 e. The van der Waals surface area contributed by atoms with Gasteiger partial charge in [0, 0.05) is 12.3 Å². The van der Waals surface area contributed by atoms with Crippen molar-refractivity contribution in [1.82, 2.24) is 5.32 Å². The number of carbonyl (C=O) groups is 2. The van der Waals surface area contributed by atoms with E-state index in [0.717, 1.165) is 38.5 Å². The highest BCUT2D eigenvalue weighted by Gasteiger charge is 2.37. The molecule has 0 radical (unpaired) electrons. The summed E-state index contributed by atoms with van der Waals surface area (Å²) < 4.78 is 27.0. The number of rotatable bonds is 7. The Hall–Kier alpha value is -1.26. The van der Waals surface area contributed by atoms with E-state index >= 15 is 0 Å². The van der Waals surface area contributed by atoms with Crippen LogP contribution in [0.4, 0.5) is 8.78 Å². The number of hydrogen-bond acceptors (Lipinski definition) is 2. The zero-order valence-electron chi connectivity index (χ0n) is 18.0. The first-order valence-electron chi connectivity index (χ1n) is 11.7. The average Bonchev–Trinajstić information content (AvgIpc) is 3.20. The van der Waals surface area contributed by atoms with E-state index in [-0.39, 0.29) is 35.9 Å². The molecule has 0 aromatic carbocycles. The maximum Gasteiger partial charge on any atom is 0.220 e. The fourth-order valence-corrected chi connectivity index (χ4v) is 5.66. The van der Waals surface area contributed by atoms with E-state index in [2.05, 4.69) is 5.32 Å². The van der Waals surface area contributed by atoms with Crippen molar-refractivity contribution in [2.75, 3.05) is 0 Å². The van der Waals surface area contributed by atoms with Crippen LogP contribution >= 0.6 is 0 Å². The second-order valence-electron chi connectivity index (χ2n) is 9.95. The Morgan fingerprint density at radius 2 is 1.72 bits per heavy atom. The van der Waals surface area contributed by atoms with Crippen LogP contribution in [0.2, 0.25) is 0 Å². The summed E-state index contributed by atoms with van der Waals surface area (Å²) in [5.41, 5.74) is 0. The standard InChI is InChI=1S/C24H37F2NO2/c1-15(2)23(27-22(28)13-16-5-3-4-6-16)24(29)18-9-7-17(8-10-18)19-11-12-20(25)21(26)14-19/h12,15-19,21,23H,3-11,13-14H2,1-2H3,(H,27,28)/t17?,18?,19?,21?,23-/m1/s1. The Labute approximate surface area is 174 Å². The molecule has 0 spiro atoms. The number of alkyl halides is 1. The Morgan fingerprint density at radius 3 is 2.31 bits per heavy atom. The van der Waals surface area contributed by atoms with E-state index < -0.39 is 18.0 Å². The van der Waals surface area contributed by atoms with Crippen LogP contribution in [0.1, 0.15) is 84.5 Å². The predicted molar refractivity (Wildman–Crippen MR) is 111 cm³/mol. The molecule has 2 unspecified atom stereocenters. The zero-order chi connectivity index (χ0) is 21.0. The highest BCUT2D eigenvalue weighted by atomic mass is 19.2. The fourth-order valence-electron chi connectivity index (χ4n) is 5.66. The van der Waals surface area contributed by atoms with Crippen LogP contribution in [0.25, 0.3) is 0 Å². The van der Waals surface area contributed by atoms with Crippen LogP contribution in [0.15, 0.2) is 11.9 Å². The van der Waals surface area contributed by atoms with Crippen molar-refractivity contribution < 1.29 is 18.4 Å². The second-order valence-corrected chi connectivity index (χ2v) is 9.95. The Morgan fingerprint density at radius 1 is 1.07 bits per heavy atom. The van der Waals surface area contributed by atoms with Crippen molar-refractivity contribution in [2.24, 2.45) is 29.6 Å². The number of Topliss-reactive ketones (excluding diaryl/α,β-unsaturated/α-hetero) is 1. The van der Waals surface area contributed by atoms with Gasteiger partial charge in [0.2, 0.25) is 5.91 Å². The number of nitrogens with one attached hydrogen (secondary N) is 1. The third kappa shape index (κ3) is 5.88. The molecule has 164 valence electrons. The molecule has 0 bridgehead atoms. The molecule has 29 heavy (non-hydrogen) atoms. The lowest BCUT2D eigenvalue weighted by atomic mass is 9.70. The molecule has 1 N–H and O–H groups in total. The SMILES string of the molecule is CC(C)[C@@H](NC(=O)CC1CCCC1)C(=O)C1CCC(C2CC=C(F)C(F)C2)CC1. The Balaban J connectivity index is 1.50. The first kappa shape index (κ1) is 22.4. The van der Waals surface area contributed by atoms with E-state index in [1.165, 1.54) is 18.9 Å². The van der Waals surface area contributed by atoms with Crippen LogP contribution < -0.4 is 5.32 Å². The summed E-state index contributed by atoms with van der Waals surface area (Å²) in [6.07, 6.45) is 9.43. The lowest BCUT2D eigenvalue weighted by molar-refractivity contribution is -0.132. The molecule has 3 rings (SSSR count). The third-order valence-electron chi connectivity index (χ3n) is 7.50. The first-order chi connectivity index (χ1) is 13.8. The summed E-state index contributed by atoms with van der Waals surface area (Å²) >= 11 is 0. The Kier molecular flexibility index (Phi) is 7.86. The van der Waals surface area contributed by atoms with Gasteiger partial charge in [-0.25, -0.2) is 8.78 Å². The number of amides is 1. The average molecular weight is 410 g/mol. The number of allylic oxidation sites excluding steroid dienone is 2. The van der Waals surface area contributed by atoms with Crippen molar-refractivity contribution in [2.45, 2.75) is 96.7 Å². The largest absolute Gasteiger partial charge is 0.346 e. The van der Waals surface area contributed by atoms with E-state index in [9.17, 15) is 18.4 Å². The molecule has 0 heterocycles. The molecule has 0 aromatic rings. The molecule has 0 aromatic heterocycles. The lowest BCUT2D eigenvalue weighted by Gasteiger charge is -2.36. The first-order valence-corrected chi connectivity index (χ1v) is 11.7. The molecule has 0 aliphatic heterocycles. The van der Waals surface area contributed by atoms with Crippen LogP contribution in [-0.4, -0.2) is 23.9 Å². The topological polar surface area (TPSA) is 46.2 Å². The molecule has 2 fully saturated rings. The number of hydrogen-bond donors (Lipinski definition) is 1. The zero-order valence-corrected chi connectivity index (χ0v) is 18.0. The molecule has 0 saturated heterocycles. The summed E-state index contributed by atoms with van der Waals surface area (Å²) in [7, 11) is 0. The fraction of sp³-hybridized carbons (Fsp3) is 0.833. The number of ketones is 1. The molecular formula is C24H37F2NO2. The smallest absolute Gasteiger partial charge is 0.220 e. The van der Waals surface area contributed by atoms with E-state index in [0.29, 0.717) is 24.7 Å². The van der Waals surface area contributed by atoms with Crippen LogP contribution in [0.5, 0.6) is 0 Å². The maximum absolute atomic E-state index is 13.7. The third-order valence-corrected chi connectivity index (χ3v) is 7.50. The van der Waals surface area contributed by atoms with Gasteiger partial charge in [-0.2, -0.15) is 0 Å². The predicted octanol–water partition coefficient (Wildman–Crippen LogP) is 5.68. The highest BCUT2D eigenvalue weighted by molar-refractivity contribution is 5.91. The van der Waals surface area contributed by atoms with Gasteiger partial charge in [-0.1, -0.05) is 26.7 Å².